The normalized spacial score (nSPS) is 12.2. The van der Waals surface area contributed by atoms with E-state index in [2.05, 4.69) is 201 Å². The predicted octanol–water partition coefficient (Wildman–Crippen LogP) is 17.8. The smallest absolute Gasteiger partial charge is 0.00137 e. The molecule has 0 aliphatic heterocycles. The maximum Gasteiger partial charge on any atom is -0.00137 e. The first-order chi connectivity index (χ1) is 30.1. The summed E-state index contributed by atoms with van der Waals surface area (Å²) in [6.45, 7) is 18.1. The van der Waals surface area contributed by atoms with Crippen LogP contribution in [0.4, 0.5) is 0 Å². The van der Waals surface area contributed by atoms with Crippen molar-refractivity contribution in [1.82, 2.24) is 0 Å². The highest BCUT2D eigenvalue weighted by atomic mass is 14.3. The van der Waals surface area contributed by atoms with Crippen molar-refractivity contribution in [1.29, 1.82) is 0 Å². The molecule has 0 atom stereocenters. The summed E-state index contributed by atoms with van der Waals surface area (Å²) in [5, 5.41) is 18.7. The zero-order valence-electron chi connectivity index (χ0n) is 36.9. The van der Waals surface area contributed by atoms with Crippen LogP contribution in [-0.2, 0) is 0 Å². The molecule has 0 heterocycles. The molecule has 0 amide bonds. The second-order valence-corrected chi connectivity index (χ2v) is 18.4. The quantitative estimate of drug-likeness (QED) is 0.156. The van der Waals surface area contributed by atoms with Gasteiger partial charge in [-0.25, -0.2) is 0 Å². The van der Waals surface area contributed by atoms with Gasteiger partial charge in [0.05, 0.1) is 0 Å². The van der Waals surface area contributed by atoms with Crippen LogP contribution in [0.25, 0.3) is 120 Å². The van der Waals surface area contributed by atoms with Gasteiger partial charge in [0, 0.05) is 0 Å². The zero-order valence-corrected chi connectivity index (χ0v) is 36.9. The molecule has 12 aromatic carbocycles. The summed E-state index contributed by atoms with van der Waals surface area (Å²) in [5.41, 5.74) is 21.0. The van der Waals surface area contributed by atoms with Crippen molar-refractivity contribution in [3.8, 4) is 44.5 Å². The van der Waals surface area contributed by atoms with Gasteiger partial charge in [-0.15, -0.1) is 0 Å². The zero-order chi connectivity index (χ0) is 42.3. The second-order valence-electron chi connectivity index (χ2n) is 18.4. The highest BCUT2D eigenvalue weighted by Gasteiger charge is 2.25. The molecule has 12 aromatic rings. The van der Waals surface area contributed by atoms with Crippen molar-refractivity contribution in [3.63, 3.8) is 0 Å². The van der Waals surface area contributed by atoms with E-state index in [1.54, 1.807) is 0 Å². The topological polar surface area (TPSA) is 0 Å². The fourth-order valence-electron chi connectivity index (χ4n) is 11.9. The van der Waals surface area contributed by atoms with Gasteiger partial charge in [-0.3, -0.25) is 0 Å². The Morgan fingerprint density at radius 2 is 0.484 bits per heavy atom. The van der Waals surface area contributed by atoms with E-state index < -0.39 is 0 Å². The Morgan fingerprint density at radius 1 is 0.210 bits per heavy atom. The van der Waals surface area contributed by atoms with Crippen molar-refractivity contribution in [2.24, 2.45) is 0 Å². The predicted molar refractivity (Wildman–Crippen MR) is 271 cm³/mol. The van der Waals surface area contributed by atoms with Gasteiger partial charge < -0.3 is 0 Å². The van der Waals surface area contributed by atoms with Crippen molar-refractivity contribution in [2.45, 2.75) is 55.4 Å². The molecule has 62 heavy (non-hydrogen) atoms. The summed E-state index contributed by atoms with van der Waals surface area (Å²) in [6.07, 6.45) is 0. The third-order valence-corrected chi connectivity index (χ3v) is 14.6. The molecule has 0 spiro atoms. The molecule has 0 fully saturated rings. The van der Waals surface area contributed by atoms with Gasteiger partial charge in [0.15, 0.2) is 0 Å². The van der Waals surface area contributed by atoms with Crippen LogP contribution < -0.4 is 0 Å². The molecule has 0 N–H and O–H groups in total. The molecule has 12 rings (SSSR count). The third-order valence-electron chi connectivity index (χ3n) is 14.6. The Bertz CT molecular complexity index is 3540. The fraction of sp³-hybridized carbons (Fsp3) is 0.129. The maximum atomic E-state index is 2.56. The summed E-state index contributed by atoms with van der Waals surface area (Å²) in [6, 6.07) is 56.2. The molecule has 0 saturated carbocycles. The SMILES string of the molecule is Cc1cccc(C)c1-c1ccc2c(c1)c1cc3c(cc4c5cc(-c6c(C)cccc6C)ccc5c5c(-c6c(C)cccc6C)ccc3c45)c3ccc(-c4c(C)cccc4C)c2c31. The second kappa shape index (κ2) is 13.2. The van der Waals surface area contributed by atoms with E-state index in [1.165, 1.54) is 164 Å². The first kappa shape index (κ1) is 36.8. The molecule has 296 valence electrons. The summed E-state index contributed by atoms with van der Waals surface area (Å²) < 4.78 is 0. The van der Waals surface area contributed by atoms with Crippen molar-refractivity contribution >= 4 is 75.4 Å². The van der Waals surface area contributed by atoms with Crippen LogP contribution in [0.1, 0.15) is 44.5 Å². The van der Waals surface area contributed by atoms with Gasteiger partial charge in [0.2, 0.25) is 0 Å². The largest absolute Gasteiger partial charge is 0.0617 e. The molecule has 0 aliphatic carbocycles. The van der Waals surface area contributed by atoms with Gasteiger partial charge in [-0.05, 0) is 244 Å². The number of hydrogen-bond acceptors (Lipinski definition) is 0. The number of aryl methyl sites for hydroxylation is 8. The number of hydrogen-bond donors (Lipinski definition) is 0. The van der Waals surface area contributed by atoms with Crippen LogP contribution in [0.5, 0.6) is 0 Å². The maximum absolute atomic E-state index is 2.56. The van der Waals surface area contributed by atoms with Crippen LogP contribution in [0.3, 0.4) is 0 Å². The number of benzene rings is 10. The standard InChI is InChI=1S/C62H48/c1-33-13-9-14-34(2)55(33)41-21-23-43-49(29-41)53-31-51-46-26-28-48(58-39(7)19-12-20-40(58)8)60-44-24-22-42(56-35(3)15-10-16-36(56)4)30-50(44)54(62(46)60)32-52(51)45-25-27-47(59(43)61(45)53)57-37(5)17-11-18-38(57)6/h9-32H,1-8H3. The summed E-state index contributed by atoms with van der Waals surface area (Å²) >= 11 is 0. The van der Waals surface area contributed by atoms with Gasteiger partial charge in [-0.2, -0.15) is 0 Å². The highest BCUT2D eigenvalue weighted by Crippen LogP contribution is 2.53. The van der Waals surface area contributed by atoms with E-state index in [4.69, 9.17) is 0 Å². The minimum Gasteiger partial charge on any atom is -0.0617 e. The van der Waals surface area contributed by atoms with Gasteiger partial charge >= 0.3 is 0 Å². The first-order valence-corrected chi connectivity index (χ1v) is 22.2. The molecule has 0 aromatic heterocycles. The van der Waals surface area contributed by atoms with Gasteiger partial charge in [0.25, 0.3) is 0 Å². The Balaban J connectivity index is 1.27. The minimum atomic E-state index is 1.28. The van der Waals surface area contributed by atoms with Crippen LogP contribution in [0, 0.1) is 55.4 Å². The average Bonchev–Trinajstić information content (AvgIpc) is 3.75. The lowest BCUT2D eigenvalue weighted by Gasteiger charge is -2.16. The van der Waals surface area contributed by atoms with Gasteiger partial charge in [0.1, 0.15) is 0 Å². The van der Waals surface area contributed by atoms with Crippen molar-refractivity contribution < 1.29 is 0 Å². The Kier molecular flexibility index (Phi) is 7.86. The van der Waals surface area contributed by atoms with E-state index >= 15 is 0 Å². The molecule has 0 saturated heterocycles. The van der Waals surface area contributed by atoms with Gasteiger partial charge in [-0.1, -0.05) is 121 Å². The lowest BCUT2D eigenvalue weighted by molar-refractivity contribution is 1.38. The molecule has 0 radical (unpaired) electrons. The minimum absolute atomic E-state index is 1.28. The molecular formula is C62H48. The number of fused-ring (bicyclic) bond motifs is 9. The lowest BCUT2D eigenvalue weighted by Crippen LogP contribution is -1.90. The van der Waals surface area contributed by atoms with E-state index in [-0.39, 0.29) is 0 Å². The van der Waals surface area contributed by atoms with Crippen LogP contribution in [-0.4, -0.2) is 0 Å². The molecule has 0 nitrogen and oxygen atoms in total. The van der Waals surface area contributed by atoms with E-state index in [9.17, 15) is 0 Å². The summed E-state index contributed by atoms with van der Waals surface area (Å²) in [7, 11) is 0. The highest BCUT2D eigenvalue weighted by molar-refractivity contribution is 6.43. The molecular weight excluding hydrogens is 745 g/mol. The van der Waals surface area contributed by atoms with E-state index in [0.29, 0.717) is 0 Å². The number of rotatable bonds is 4. The molecule has 0 unspecified atom stereocenters. The Morgan fingerprint density at radius 3 is 0.823 bits per heavy atom. The third kappa shape index (κ3) is 5.01. The monoisotopic (exact) mass is 792 g/mol. The summed E-state index contributed by atoms with van der Waals surface area (Å²) in [4.78, 5) is 0. The van der Waals surface area contributed by atoms with E-state index in [0.717, 1.165) is 0 Å². The molecule has 0 bridgehead atoms. The van der Waals surface area contributed by atoms with Crippen LogP contribution in [0.2, 0.25) is 0 Å². The average molecular weight is 793 g/mol. The first-order valence-electron chi connectivity index (χ1n) is 22.2. The Labute approximate surface area is 363 Å². The van der Waals surface area contributed by atoms with E-state index in [1.807, 2.05) is 0 Å². The summed E-state index contributed by atoms with van der Waals surface area (Å²) in [5.74, 6) is 0. The molecule has 0 heteroatoms. The van der Waals surface area contributed by atoms with Crippen LogP contribution in [0.15, 0.2) is 146 Å². The Hall–Kier alpha value is -7.02. The fourth-order valence-corrected chi connectivity index (χ4v) is 11.9. The van der Waals surface area contributed by atoms with Crippen molar-refractivity contribution in [3.05, 3.63) is 190 Å². The van der Waals surface area contributed by atoms with Crippen molar-refractivity contribution in [2.75, 3.05) is 0 Å². The molecule has 0 aliphatic rings. The lowest BCUT2D eigenvalue weighted by atomic mass is 9.87. The van der Waals surface area contributed by atoms with Crippen LogP contribution >= 0.6 is 0 Å².